The van der Waals surface area contributed by atoms with Crippen LogP contribution in [-0.4, -0.2) is 59.1 Å². The van der Waals surface area contributed by atoms with Crippen molar-refractivity contribution in [1.82, 2.24) is 9.80 Å². The number of rotatable bonds is 2. The van der Waals surface area contributed by atoms with Crippen molar-refractivity contribution >= 4 is 5.91 Å². The molecule has 4 nitrogen and oxygen atoms in total. The minimum Gasteiger partial charge on any atom is -0.394 e. The summed E-state index contributed by atoms with van der Waals surface area (Å²) in [5, 5.41) is 9.38. The van der Waals surface area contributed by atoms with E-state index in [1.807, 2.05) is 7.05 Å². The standard InChI is InChI=1S/C11H20N2O2/c1-8-5-6-12(2)11(15)10(7-14)13(8)9-3-4-9/h8-10,14H,3-7H2,1-2H3. The van der Waals surface area contributed by atoms with Gasteiger partial charge in [0.25, 0.3) is 0 Å². The average molecular weight is 212 g/mol. The van der Waals surface area contributed by atoms with E-state index in [0.717, 1.165) is 13.0 Å². The zero-order valence-corrected chi connectivity index (χ0v) is 9.52. The molecule has 1 saturated heterocycles. The summed E-state index contributed by atoms with van der Waals surface area (Å²) in [6.45, 7) is 2.91. The van der Waals surface area contributed by atoms with Crippen LogP contribution < -0.4 is 0 Å². The van der Waals surface area contributed by atoms with Crippen molar-refractivity contribution in [2.45, 2.75) is 44.3 Å². The zero-order valence-electron chi connectivity index (χ0n) is 9.52. The first-order valence-electron chi connectivity index (χ1n) is 5.78. The summed E-state index contributed by atoms with van der Waals surface area (Å²) in [7, 11) is 1.83. The fraction of sp³-hybridized carbons (Fsp3) is 0.909. The average Bonchev–Trinajstić information content (AvgIpc) is 3.03. The summed E-state index contributed by atoms with van der Waals surface area (Å²) in [5.74, 6) is 0.0775. The highest BCUT2D eigenvalue weighted by molar-refractivity contribution is 5.82. The highest BCUT2D eigenvalue weighted by Crippen LogP contribution is 2.32. The second-order valence-corrected chi connectivity index (χ2v) is 4.77. The maximum Gasteiger partial charge on any atom is 0.242 e. The predicted octanol–water partition coefficient (Wildman–Crippen LogP) is 0.0623. The molecular weight excluding hydrogens is 192 g/mol. The number of hydrogen-bond acceptors (Lipinski definition) is 3. The van der Waals surface area contributed by atoms with Gasteiger partial charge in [-0.3, -0.25) is 9.69 Å². The molecule has 1 aliphatic heterocycles. The summed E-state index contributed by atoms with van der Waals surface area (Å²) < 4.78 is 0. The molecule has 1 N–H and O–H groups in total. The smallest absolute Gasteiger partial charge is 0.242 e. The minimum atomic E-state index is -0.306. The van der Waals surface area contributed by atoms with Crippen molar-refractivity contribution in [3.63, 3.8) is 0 Å². The summed E-state index contributed by atoms with van der Waals surface area (Å²) >= 11 is 0. The molecule has 1 amide bonds. The number of hydrogen-bond donors (Lipinski definition) is 1. The first kappa shape index (κ1) is 10.9. The second kappa shape index (κ2) is 4.10. The fourth-order valence-electron chi connectivity index (χ4n) is 2.49. The van der Waals surface area contributed by atoms with Gasteiger partial charge in [0.1, 0.15) is 6.04 Å². The van der Waals surface area contributed by atoms with E-state index in [4.69, 9.17) is 0 Å². The third-order valence-corrected chi connectivity index (χ3v) is 3.55. The Hall–Kier alpha value is -0.610. The highest BCUT2D eigenvalue weighted by Gasteiger charge is 2.42. The minimum absolute atomic E-state index is 0.0516. The van der Waals surface area contributed by atoms with Crippen LogP contribution in [0.5, 0.6) is 0 Å². The van der Waals surface area contributed by atoms with Crippen LogP contribution in [0.15, 0.2) is 0 Å². The molecule has 1 aliphatic carbocycles. The molecule has 2 fully saturated rings. The van der Waals surface area contributed by atoms with Crippen molar-refractivity contribution in [1.29, 1.82) is 0 Å². The van der Waals surface area contributed by atoms with Crippen LogP contribution in [0.4, 0.5) is 0 Å². The molecule has 0 aromatic heterocycles. The van der Waals surface area contributed by atoms with Crippen LogP contribution in [0.1, 0.15) is 26.2 Å². The van der Waals surface area contributed by atoms with Crippen LogP contribution >= 0.6 is 0 Å². The Morgan fingerprint density at radius 2 is 2.07 bits per heavy atom. The van der Waals surface area contributed by atoms with Crippen molar-refractivity contribution in [2.24, 2.45) is 0 Å². The Kier molecular flexibility index (Phi) is 2.98. The van der Waals surface area contributed by atoms with E-state index >= 15 is 0 Å². The number of amides is 1. The molecular formula is C11H20N2O2. The molecule has 0 bridgehead atoms. The summed E-state index contributed by atoms with van der Waals surface area (Å²) in [6, 6.07) is 0.635. The number of likely N-dealkylation sites (N-methyl/N-ethyl adjacent to an activating group) is 1. The SMILES string of the molecule is CC1CCN(C)C(=O)C(CO)N1C1CC1. The first-order valence-corrected chi connectivity index (χ1v) is 5.78. The maximum absolute atomic E-state index is 12.0. The van der Waals surface area contributed by atoms with Crippen LogP contribution in [0.3, 0.4) is 0 Å². The molecule has 86 valence electrons. The second-order valence-electron chi connectivity index (χ2n) is 4.77. The third kappa shape index (κ3) is 2.01. The topological polar surface area (TPSA) is 43.8 Å². The van der Waals surface area contributed by atoms with Gasteiger partial charge in [-0.05, 0) is 26.2 Å². The fourth-order valence-corrected chi connectivity index (χ4v) is 2.49. The van der Waals surface area contributed by atoms with Gasteiger partial charge in [-0.1, -0.05) is 0 Å². The van der Waals surface area contributed by atoms with Crippen LogP contribution in [0.2, 0.25) is 0 Å². The van der Waals surface area contributed by atoms with Crippen molar-refractivity contribution < 1.29 is 9.90 Å². The number of aliphatic hydroxyl groups is 1. The lowest BCUT2D eigenvalue weighted by Crippen LogP contribution is -2.50. The Labute approximate surface area is 90.9 Å². The number of carbonyl (C=O) groups is 1. The molecule has 0 radical (unpaired) electrons. The molecule has 2 unspecified atom stereocenters. The summed E-state index contributed by atoms with van der Waals surface area (Å²) in [5.41, 5.74) is 0. The molecule has 15 heavy (non-hydrogen) atoms. The molecule has 1 heterocycles. The highest BCUT2D eigenvalue weighted by atomic mass is 16.3. The van der Waals surface area contributed by atoms with Gasteiger partial charge in [0.2, 0.25) is 5.91 Å². The van der Waals surface area contributed by atoms with Crippen LogP contribution in [0, 0.1) is 0 Å². The third-order valence-electron chi connectivity index (χ3n) is 3.55. The normalized spacial score (nSPS) is 34.3. The first-order chi connectivity index (χ1) is 7.15. The molecule has 4 heteroatoms. The zero-order chi connectivity index (χ0) is 11.0. The van der Waals surface area contributed by atoms with Gasteiger partial charge in [-0.2, -0.15) is 0 Å². The molecule has 2 rings (SSSR count). The van der Waals surface area contributed by atoms with E-state index in [1.54, 1.807) is 4.90 Å². The van der Waals surface area contributed by atoms with Gasteiger partial charge in [-0.15, -0.1) is 0 Å². The van der Waals surface area contributed by atoms with Crippen LogP contribution in [0.25, 0.3) is 0 Å². The monoisotopic (exact) mass is 212 g/mol. The van der Waals surface area contributed by atoms with Crippen LogP contribution in [-0.2, 0) is 4.79 Å². The predicted molar refractivity (Wildman–Crippen MR) is 57.5 cm³/mol. The molecule has 2 aliphatic rings. The molecule has 0 aromatic carbocycles. The van der Waals surface area contributed by atoms with E-state index in [0.29, 0.717) is 12.1 Å². The lowest BCUT2D eigenvalue weighted by atomic mass is 10.1. The van der Waals surface area contributed by atoms with E-state index < -0.39 is 0 Å². The Morgan fingerprint density at radius 1 is 1.40 bits per heavy atom. The Balaban J connectivity index is 2.19. The Morgan fingerprint density at radius 3 is 2.60 bits per heavy atom. The molecule has 2 atom stereocenters. The van der Waals surface area contributed by atoms with Gasteiger partial charge in [-0.25, -0.2) is 0 Å². The largest absolute Gasteiger partial charge is 0.394 e. The van der Waals surface area contributed by atoms with E-state index in [1.165, 1.54) is 12.8 Å². The van der Waals surface area contributed by atoms with Crippen molar-refractivity contribution in [3.05, 3.63) is 0 Å². The molecule has 1 saturated carbocycles. The Bertz CT molecular complexity index is 253. The van der Waals surface area contributed by atoms with Gasteiger partial charge in [0.15, 0.2) is 0 Å². The number of aliphatic hydroxyl groups excluding tert-OH is 1. The van der Waals surface area contributed by atoms with E-state index in [-0.39, 0.29) is 18.6 Å². The van der Waals surface area contributed by atoms with Crippen molar-refractivity contribution in [2.75, 3.05) is 20.2 Å². The maximum atomic E-state index is 12.0. The van der Waals surface area contributed by atoms with Crippen molar-refractivity contribution in [3.8, 4) is 0 Å². The van der Waals surface area contributed by atoms with E-state index in [2.05, 4.69) is 11.8 Å². The quantitative estimate of drug-likeness (QED) is 0.704. The van der Waals surface area contributed by atoms with E-state index in [9.17, 15) is 9.90 Å². The van der Waals surface area contributed by atoms with Gasteiger partial charge >= 0.3 is 0 Å². The van der Waals surface area contributed by atoms with Gasteiger partial charge < -0.3 is 10.0 Å². The number of carbonyl (C=O) groups excluding carboxylic acids is 1. The van der Waals surface area contributed by atoms with Gasteiger partial charge in [0.05, 0.1) is 6.61 Å². The molecule has 0 spiro atoms. The summed E-state index contributed by atoms with van der Waals surface area (Å²) in [4.78, 5) is 16.0. The van der Waals surface area contributed by atoms with Gasteiger partial charge in [0, 0.05) is 25.7 Å². The lowest BCUT2D eigenvalue weighted by molar-refractivity contribution is -0.136. The summed E-state index contributed by atoms with van der Waals surface area (Å²) in [6.07, 6.45) is 3.37. The molecule has 0 aromatic rings. The lowest BCUT2D eigenvalue weighted by Gasteiger charge is -2.32. The number of nitrogens with zero attached hydrogens (tertiary/aromatic N) is 2.